The predicted octanol–water partition coefficient (Wildman–Crippen LogP) is 6.76. The summed E-state index contributed by atoms with van der Waals surface area (Å²) in [6, 6.07) is 12.4. The molecule has 3 atom stereocenters. The Morgan fingerprint density at radius 3 is 2.30 bits per heavy atom. The number of aliphatic hydroxyl groups is 1. The number of benzene rings is 2. The molecule has 3 unspecified atom stereocenters. The molecule has 2 aromatic carbocycles. The third-order valence-corrected chi connectivity index (χ3v) is 7.77. The average molecular weight is 624 g/mol. The molecular weight excluding hydrogens is 584 g/mol. The summed E-state index contributed by atoms with van der Waals surface area (Å²) in [7, 11) is 0. The molecule has 1 amide bonds. The fraction of sp³-hybridized carbons (Fsp3) is 0.424. The highest BCUT2D eigenvalue weighted by molar-refractivity contribution is 5.78. The molecule has 44 heavy (non-hydrogen) atoms. The normalized spacial score (nSPS) is 17.9. The van der Waals surface area contributed by atoms with Crippen molar-refractivity contribution < 1.29 is 36.2 Å². The number of hydrogen-bond donors (Lipinski definition) is 4. The van der Waals surface area contributed by atoms with E-state index in [1.165, 1.54) is 6.20 Å². The molecule has 11 heteroatoms. The second-order valence-corrected chi connectivity index (χ2v) is 11.2. The lowest BCUT2D eigenvalue weighted by atomic mass is 9.89. The quantitative estimate of drug-likeness (QED) is 0.197. The van der Waals surface area contributed by atoms with Gasteiger partial charge in [-0.15, -0.1) is 0 Å². The van der Waals surface area contributed by atoms with Crippen LogP contribution in [0.4, 0.5) is 26.3 Å². The van der Waals surface area contributed by atoms with Crippen LogP contribution in [-0.2, 0) is 10.4 Å². The number of rotatable bonds is 12. The molecule has 1 aliphatic rings. The highest BCUT2D eigenvalue weighted by atomic mass is 19.4. The van der Waals surface area contributed by atoms with E-state index in [1.54, 1.807) is 6.08 Å². The molecule has 5 nitrogen and oxygen atoms in total. The molecule has 4 N–H and O–H groups in total. The lowest BCUT2D eigenvalue weighted by molar-refractivity contribution is -0.162. The van der Waals surface area contributed by atoms with E-state index >= 15 is 0 Å². The first kappa shape index (κ1) is 34.9. The van der Waals surface area contributed by atoms with Crippen molar-refractivity contribution in [3.8, 4) is 0 Å². The van der Waals surface area contributed by atoms with E-state index in [0.717, 1.165) is 28.3 Å². The van der Waals surface area contributed by atoms with Crippen molar-refractivity contribution in [2.75, 3.05) is 19.6 Å². The molecule has 2 aromatic rings. The molecule has 0 bridgehead atoms. The SMILES string of the molecule is CCC(O)(/C=C\NCC(=O)NC(CNCC1=CC(C(F)(F)F)=CC(C(F)(F)F)C1)c1ccc(C)c(C)c1)c1ccc(C)cc1. The van der Waals surface area contributed by atoms with E-state index < -0.39 is 47.8 Å². The van der Waals surface area contributed by atoms with E-state index in [9.17, 15) is 36.2 Å². The van der Waals surface area contributed by atoms with Gasteiger partial charge in [0.25, 0.3) is 0 Å². The lowest BCUT2D eigenvalue weighted by Crippen LogP contribution is -2.40. The molecule has 0 heterocycles. The molecule has 0 saturated carbocycles. The van der Waals surface area contributed by atoms with E-state index in [4.69, 9.17) is 0 Å². The second-order valence-electron chi connectivity index (χ2n) is 11.2. The van der Waals surface area contributed by atoms with Gasteiger partial charge in [0.1, 0.15) is 5.60 Å². The first-order chi connectivity index (χ1) is 20.5. The second kappa shape index (κ2) is 14.5. The number of nitrogens with one attached hydrogen (secondary N) is 3. The fourth-order valence-corrected chi connectivity index (χ4v) is 4.86. The van der Waals surface area contributed by atoms with Crippen molar-refractivity contribution in [2.24, 2.45) is 5.92 Å². The Hall–Kier alpha value is -3.57. The van der Waals surface area contributed by atoms with Crippen LogP contribution in [0.2, 0.25) is 0 Å². The van der Waals surface area contributed by atoms with Crippen LogP contribution < -0.4 is 16.0 Å². The highest BCUT2D eigenvalue weighted by Gasteiger charge is 2.43. The smallest absolute Gasteiger partial charge is 0.382 e. The van der Waals surface area contributed by atoms with Crippen molar-refractivity contribution in [2.45, 2.75) is 64.5 Å². The Kier molecular flexibility index (Phi) is 11.5. The Morgan fingerprint density at radius 1 is 1.02 bits per heavy atom. The number of aryl methyl sites for hydroxylation is 3. The predicted molar refractivity (Wildman–Crippen MR) is 159 cm³/mol. The fourth-order valence-electron chi connectivity index (χ4n) is 4.86. The van der Waals surface area contributed by atoms with Gasteiger partial charge in [-0.05, 0) is 74.2 Å². The van der Waals surface area contributed by atoms with E-state index in [0.29, 0.717) is 12.0 Å². The molecule has 0 aliphatic heterocycles. The summed E-state index contributed by atoms with van der Waals surface area (Å²) in [6.45, 7) is 7.32. The van der Waals surface area contributed by atoms with E-state index in [2.05, 4.69) is 16.0 Å². The standard InChI is InChI=1S/C33H39F6N3O2/c1-5-31(44,26-10-6-21(2)7-11-26)12-13-40-20-30(43)42-29(25-9-8-22(3)23(4)14-25)19-41-18-24-15-27(32(34,35)36)17-28(16-24)33(37,38)39/h6-15,17,28-29,40-41,44H,5,16,18-20H2,1-4H3,(H,42,43)/b13-12-. The van der Waals surface area contributed by atoms with Gasteiger partial charge in [-0.25, -0.2) is 0 Å². The monoisotopic (exact) mass is 623 g/mol. The highest BCUT2D eigenvalue weighted by Crippen LogP contribution is 2.40. The minimum Gasteiger partial charge on any atom is -0.382 e. The molecule has 1 aliphatic carbocycles. The van der Waals surface area contributed by atoms with Crippen molar-refractivity contribution in [3.05, 3.63) is 106 Å². The van der Waals surface area contributed by atoms with Crippen molar-refractivity contribution in [3.63, 3.8) is 0 Å². The zero-order valence-corrected chi connectivity index (χ0v) is 25.2. The summed E-state index contributed by atoms with van der Waals surface area (Å²) >= 11 is 0. The molecule has 0 fully saturated rings. The van der Waals surface area contributed by atoms with Crippen molar-refractivity contribution >= 4 is 5.91 Å². The van der Waals surface area contributed by atoms with Gasteiger partial charge in [-0.1, -0.05) is 66.6 Å². The van der Waals surface area contributed by atoms with Crippen LogP contribution in [0.15, 0.2) is 78.0 Å². The van der Waals surface area contributed by atoms with E-state index in [1.807, 2.05) is 70.2 Å². The topological polar surface area (TPSA) is 73.4 Å². The summed E-state index contributed by atoms with van der Waals surface area (Å²) in [4.78, 5) is 12.9. The number of carbonyl (C=O) groups is 1. The van der Waals surface area contributed by atoms with Crippen molar-refractivity contribution in [1.29, 1.82) is 0 Å². The molecule has 3 rings (SSSR count). The molecule has 0 saturated heterocycles. The van der Waals surface area contributed by atoms with Gasteiger partial charge in [0.05, 0.1) is 24.1 Å². The van der Waals surface area contributed by atoms with Crippen LogP contribution in [0.1, 0.15) is 53.6 Å². The number of alkyl halides is 6. The number of hydrogen-bond acceptors (Lipinski definition) is 4. The molecule has 0 aromatic heterocycles. The summed E-state index contributed by atoms with van der Waals surface area (Å²) in [5.41, 5.74) is 1.89. The zero-order chi connectivity index (χ0) is 32.7. The number of allylic oxidation sites excluding steroid dienone is 3. The number of halogens is 6. The number of carbonyl (C=O) groups excluding carboxylic acids is 1. The van der Waals surface area contributed by atoms with Gasteiger partial charge in [0.2, 0.25) is 5.91 Å². The maximum Gasteiger partial charge on any atom is 0.416 e. The lowest BCUT2D eigenvalue weighted by Gasteiger charge is -2.26. The summed E-state index contributed by atoms with van der Waals surface area (Å²) < 4.78 is 79.9. The summed E-state index contributed by atoms with van der Waals surface area (Å²) in [6.07, 6.45) is -5.83. The average Bonchev–Trinajstić information content (AvgIpc) is 2.95. The van der Waals surface area contributed by atoms with Gasteiger partial charge in [0, 0.05) is 13.1 Å². The Balaban J connectivity index is 1.67. The summed E-state index contributed by atoms with van der Waals surface area (Å²) in [5, 5.41) is 19.7. The van der Waals surface area contributed by atoms with Crippen LogP contribution in [0.3, 0.4) is 0 Å². The maximum absolute atomic E-state index is 13.3. The first-order valence-corrected chi connectivity index (χ1v) is 14.3. The Morgan fingerprint density at radius 2 is 1.70 bits per heavy atom. The summed E-state index contributed by atoms with van der Waals surface area (Å²) in [5.74, 6) is -2.63. The van der Waals surface area contributed by atoms with Gasteiger partial charge in [0.15, 0.2) is 0 Å². The Labute approximate surface area is 254 Å². The van der Waals surface area contributed by atoms with Crippen LogP contribution in [0.25, 0.3) is 0 Å². The zero-order valence-electron chi connectivity index (χ0n) is 25.2. The van der Waals surface area contributed by atoms with Crippen molar-refractivity contribution in [1.82, 2.24) is 16.0 Å². The largest absolute Gasteiger partial charge is 0.416 e. The Bertz CT molecular complexity index is 1380. The number of amides is 1. The minimum absolute atomic E-state index is 0.0314. The molecule has 0 radical (unpaired) electrons. The van der Waals surface area contributed by atoms with Crippen LogP contribution in [0, 0.1) is 26.7 Å². The first-order valence-electron chi connectivity index (χ1n) is 14.3. The molecular formula is C33H39F6N3O2. The van der Waals surface area contributed by atoms with Crippen LogP contribution in [-0.4, -0.2) is 43.0 Å². The van der Waals surface area contributed by atoms with E-state index in [-0.39, 0.29) is 31.3 Å². The van der Waals surface area contributed by atoms with Gasteiger partial charge < -0.3 is 21.1 Å². The molecule has 240 valence electrons. The van der Waals surface area contributed by atoms with Gasteiger partial charge >= 0.3 is 12.4 Å². The minimum atomic E-state index is -4.90. The van der Waals surface area contributed by atoms with Gasteiger partial charge in [-0.2, -0.15) is 26.3 Å². The van der Waals surface area contributed by atoms with Gasteiger partial charge in [-0.3, -0.25) is 4.79 Å². The third kappa shape index (κ3) is 9.72. The van der Waals surface area contributed by atoms with Crippen LogP contribution in [0.5, 0.6) is 0 Å². The van der Waals surface area contributed by atoms with Crippen LogP contribution >= 0.6 is 0 Å². The molecule has 0 spiro atoms. The third-order valence-electron chi connectivity index (χ3n) is 7.77. The maximum atomic E-state index is 13.3.